The highest BCUT2D eigenvalue weighted by molar-refractivity contribution is 5.91. The third kappa shape index (κ3) is 2.70. The van der Waals surface area contributed by atoms with Gasteiger partial charge in [0.2, 0.25) is 11.8 Å². The van der Waals surface area contributed by atoms with Gasteiger partial charge in [0.15, 0.2) is 0 Å². The molecule has 6 heteroatoms. The lowest BCUT2D eigenvalue weighted by Gasteiger charge is -2.30. The van der Waals surface area contributed by atoms with Crippen molar-refractivity contribution in [1.29, 1.82) is 0 Å². The van der Waals surface area contributed by atoms with Crippen LogP contribution in [-0.4, -0.2) is 46.8 Å². The normalized spacial score (nSPS) is 20.7. The van der Waals surface area contributed by atoms with E-state index in [-0.39, 0.29) is 25.0 Å². The van der Waals surface area contributed by atoms with E-state index in [1.807, 2.05) is 0 Å². The number of nitrogens with one attached hydrogen (secondary N) is 2. The zero-order chi connectivity index (χ0) is 12.2. The molecule has 1 heterocycles. The molecule has 16 heavy (non-hydrogen) atoms. The minimum atomic E-state index is -0.996. The van der Waals surface area contributed by atoms with E-state index in [4.69, 9.17) is 10.2 Å². The van der Waals surface area contributed by atoms with E-state index < -0.39 is 11.6 Å². The fraction of sp³-hybridized carbons (Fsp3) is 0.800. The van der Waals surface area contributed by atoms with Gasteiger partial charge in [-0.1, -0.05) is 6.92 Å². The molecule has 0 aromatic heterocycles. The van der Waals surface area contributed by atoms with Gasteiger partial charge in [-0.3, -0.25) is 9.59 Å². The van der Waals surface area contributed by atoms with Gasteiger partial charge in [-0.2, -0.15) is 0 Å². The zero-order valence-corrected chi connectivity index (χ0v) is 9.32. The molecular formula is C10H18N2O4. The molecule has 0 spiro atoms. The minimum Gasteiger partial charge on any atom is -0.394 e. The quantitative estimate of drug-likeness (QED) is 0.462. The van der Waals surface area contributed by atoms with Crippen molar-refractivity contribution in [3.8, 4) is 0 Å². The third-order valence-electron chi connectivity index (χ3n) is 2.98. The molecule has 6 nitrogen and oxygen atoms in total. The highest BCUT2D eigenvalue weighted by Gasteiger charge is 2.34. The van der Waals surface area contributed by atoms with Crippen LogP contribution < -0.4 is 10.6 Å². The summed E-state index contributed by atoms with van der Waals surface area (Å²) in [7, 11) is 0. The summed E-state index contributed by atoms with van der Waals surface area (Å²) < 4.78 is 0. The summed E-state index contributed by atoms with van der Waals surface area (Å²) in [5.41, 5.74) is -0.996. The maximum atomic E-state index is 11.7. The number of rotatable bonds is 5. The summed E-state index contributed by atoms with van der Waals surface area (Å²) in [6.45, 7) is 1.11. The van der Waals surface area contributed by atoms with Gasteiger partial charge in [0, 0.05) is 6.42 Å². The van der Waals surface area contributed by atoms with Crippen molar-refractivity contribution in [2.75, 3.05) is 13.2 Å². The lowest BCUT2D eigenvalue weighted by Crippen LogP contribution is -2.57. The molecule has 0 saturated carbocycles. The molecule has 0 bridgehead atoms. The van der Waals surface area contributed by atoms with Gasteiger partial charge in [0.1, 0.15) is 6.04 Å². The number of aliphatic hydroxyl groups is 2. The van der Waals surface area contributed by atoms with Crippen LogP contribution in [-0.2, 0) is 9.59 Å². The lowest BCUT2D eigenvalue weighted by atomic mass is 9.97. The average Bonchev–Trinajstić information content (AvgIpc) is 2.73. The molecule has 4 N–H and O–H groups in total. The van der Waals surface area contributed by atoms with Crippen LogP contribution in [0.5, 0.6) is 0 Å². The molecule has 0 aliphatic carbocycles. The largest absolute Gasteiger partial charge is 0.394 e. The van der Waals surface area contributed by atoms with Crippen molar-refractivity contribution in [3.05, 3.63) is 0 Å². The van der Waals surface area contributed by atoms with Crippen LogP contribution in [0, 0.1) is 0 Å². The van der Waals surface area contributed by atoms with E-state index in [0.29, 0.717) is 19.3 Å². The molecule has 1 aliphatic heterocycles. The summed E-state index contributed by atoms with van der Waals surface area (Å²) in [6.07, 6.45) is 1.23. The molecule has 0 radical (unpaired) electrons. The number of amides is 2. The first kappa shape index (κ1) is 12.9. The second-order valence-electron chi connectivity index (χ2n) is 4.10. The summed E-state index contributed by atoms with van der Waals surface area (Å²) in [5, 5.41) is 23.4. The Hall–Kier alpha value is -1.14. The maximum absolute atomic E-state index is 11.7. The molecule has 0 unspecified atom stereocenters. The van der Waals surface area contributed by atoms with Crippen molar-refractivity contribution in [3.63, 3.8) is 0 Å². The van der Waals surface area contributed by atoms with Crippen LogP contribution in [0.4, 0.5) is 0 Å². The molecule has 1 rings (SSSR count). The first-order valence-corrected chi connectivity index (χ1v) is 5.40. The predicted octanol–water partition coefficient (Wildman–Crippen LogP) is -1.49. The van der Waals surface area contributed by atoms with E-state index in [0.717, 1.165) is 0 Å². The predicted molar refractivity (Wildman–Crippen MR) is 56.5 cm³/mol. The molecule has 2 amide bonds. The topological polar surface area (TPSA) is 98.7 Å². The Labute approximate surface area is 94.0 Å². The number of hydrogen-bond acceptors (Lipinski definition) is 4. The summed E-state index contributed by atoms with van der Waals surface area (Å²) in [4.78, 5) is 22.7. The van der Waals surface area contributed by atoms with Crippen LogP contribution in [0.1, 0.15) is 26.2 Å². The van der Waals surface area contributed by atoms with Crippen molar-refractivity contribution in [1.82, 2.24) is 10.6 Å². The van der Waals surface area contributed by atoms with Gasteiger partial charge in [0.25, 0.3) is 0 Å². The first-order chi connectivity index (χ1) is 7.56. The van der Waals surface area contributed by atoms with E-state index in [9.17, 15) is 9.59 Å². The molecule has 0 aromatic rings. The van der Waals surface area contributed by atoms with Crippen molar-refractivity contribution >= 4 is 11.8 Å². The summed E-state index contributed by atoms with van der Waals surface area (Å²) in [6, 6.07) is -0.545. The summed E-state index contributed by atoms with van der Waals surface area (Å²) >= 11 is 0. The smallest absolute Gasteiger partial charge is 0.243 e. The Bertz CT molecular complexity index is 268. The second-order valence-corrected chi connectivity index (χ2v) is 4.10. The maximum Gasteiger partial charge on any atom is 0.243 e. The Morgan fingerprint density at radius 2 is 2.19 bits per heavy atom. The van der Waals surface area contributed by atoms with Crippen LogP contribution >= 0.6 is 0 Å². The highest BCUT2D eigenvalue weighted by atomic mass is 16.3. The highest BCUT2D eigenvalue weighted by Crippen LogP contribution is 2.12. The van der Waals surface area contributed by atoms with Crippen LogP contribution in [0.25, 0.3) is 0 Å². The molecule has 0 aromatic carbocycles. The lowest BCUT2D eigenvalue weighted by molar-refractivity contribution is -0.128. The number of carbonyl (C=O) groups is 2. The molecular weight excluding hydrogens is 212 g/mol. The Kier molecular flexibility index (Phi) is 4.26. The Balaban J connectivity index is 2.58. The van der Waals surface area contributed by atoms with Crippen LogP contribution in [0.15, 0.2) is 0 Å². The van der Waals surface area contributed by atoms with Gasteiger partial charge in [0.05, 0.1) is 18.8 Å². The SMILES string of the molecule is CCC(CO)(CO)NC(=O)[C@@H]1CCC(=O)N1. The second kappa shape index (κ2) is 5.27. The zero-order valence-electron chi connectivity index (χ0n) is 9.32. The van der Waals surface area contributed by atoms with Crippen molar-refractivity contribution < 1.29 is 19.8 Å². The number of carbonyl (C=O) groups excluding carboxylic acids is 2. The van der Waals surface area contributed by atoms with Gasteiger partial charge in [-0.05, 0) is 12.8 Å². The fourth-order valence-electron chi connectivity index (χ4n) is 1.60. The number of hydrogen-bond donors (Lipinski definition) is 4. The van der Waals surface area contributed by atoms with E-state index >= 15 is 0 Å². The fourth-order valence-corrected chi connectivity index (χ4v) is 1.60. The minimum absolute atomic E-state index is 0.143. The molecule has 1 saturated heterocycles. The Morgan fingerprint density at radius 1 is 1.56 bits per heavy atom. The molecule has 92 valence electrons. The van der Waals surface area contributed by atoms with E-state index in [1.54, 1.807) is 6.92 Å². The third-order valence-corrected chi connectivity index (χ3v) is 2.98. The number of aliphatic hydroxyl groups excluding tert-OH is 2. The summed E-state index contributed by atoms with van der Waals surface area (Å²) in [5.74, 6) is -0.494. The van der Waals surface area contributed by atoms with Crippen LogP contribution in [0.2, 0.25) is 0 Å². The van der Waals surface area contributed by atoms with Crippen LogP contribution in [0.3, 0.4) is 0 Å². The van der Waals surface area contributed by atoms with Gasteiger partial charge >= 0.3 is 0 Å². The van der Waals surface area contributed by atoms with Gasteiger partial charge in [-0.15, -0.1) is 0 Å². The molecule has 1 atom stereocenters. The standard InChI is InChI=1S/C10H18N2O4/c1-2-10(5-13,6-14)12-9(16)7-3-4-8(15)11-7/h7,13-14H,2-6H2,1H3,(H,11,15)(H,12,16)/t7-/m0/s1. The van der Waals surface area contributed by atoms with Gasteiger partial charge in [-0.25, -0.2) is 0 Å². The monoisotopic (exact) mass is 230 g/mol. The molecule has 1 aliphatic rings. The van der Waals surface area contributed by atoms with E-state index in [1.165, 1.54) is 0 Å². The Morgan fingerprint density at radius 3 is 2.56 bits per heavy atom. The van der Waals surface area contributed by atoms with Crippen molar-refractivity contribution in [2.24, 2.45) is 0 Å². The van der Waals surface area contributed by atoms with Crippen molar-refractivity contribution in [2.45, 2.75) is 37.8 Å². The first-order valence-electron chi connectivity index (χ1n) is 5.40. The average molecular weight is 230 g/mol. The molecule has 1 fully saturated rings. The van der Waals surface area contributed by atoms with Gasteiger partial charge < -0.3 is 20.8 Å². The van der Waals surface area contributed by atoms with E-state index in [2.05, 4.69) is 10.6 Å².